The Hall–Kier alpha value is -2.11. The van der Waals surface area contributed by atoms with Crippen LogP contribution in [0.25, 0.3) is 0 Å². The third-order valence-electron chi connectivity index (χ3n) is 2.58. The summed E-state index contributed by atoms with van der Waals surface area (Å²) in [4.78, 5) is 23.3. The van der Waals surface area contributed by atoms with E-state index in [1.807, 2.05) is 0 Å². The molecule has 1 aromatic rings. The summed E-state index contributed by atoms with van der Waals surface area (Å²) in [7, 11) is 0. The van der Waals surface area contributed by atoms with Crippen molar-refractivity contribution in [2.75, 3.05) is 18.0 Å². The Kier molecular flexibility index (Phi) is 2.95. The summed E-state index contributed by atoms with van der Waals surface area (Å²) >= 11 is 0. The molecule has 1 aliphatic heterocycles. The third-order valence-corrected chi connectivity index (χ3v) is 2.58. The van der Waals surface area contributed by atoms with Gasteiger partial charge in [-0.05, 0) is 24.1 Å². The van der Waals surface area contributed by atoms with Crippen LogP contribution in [0.4, 0.5) is 14.9 Å². The van der Waals surface area contributed by atoms with Crippen LogP contribution >= 0.6 is 0 Å². The molecule has 0 fully saturated rings. The highest BCUT2D eigenvalue weighted by Gasteiger charge is 2.25. The second-order valence-corrected chi connectivity index (χ2v) is 3.73. The molecular weight excluding hydrogens is 227 g/mol. The number of urea groups is 1. The highest BCUT2D eigenvalue weighted by molar-refractivity contribution is 5.95. The lowest BCUT2D eigenvalue weighted by Crippen LogP contribution is -2.41. The standard InChI is InChI=1S/C11H11FN2O3/c12-8-2-1-7-3-4-14(9(7)5-8)11(17)13-6-10(15)16/h1-2,5H,3-4,6H2,(H,13,17)(H,15,16). The van der Waals surface area contributed by atoms with Gasteiger partial charge in [-0.1, -0.05) is 6.07 Å². The number of nitrogens with zero attached hydrogens (tertiary/aromatic N) is 1. The van der Waals surface area contributed by atoms with Gasteiger partial charge in [-0.15, -0.1) is 0 Å². The van der Waals surface area contributed by atoms with E-state index in [0.717, 1.165) is 5.56 Å². The van der Waals surface area contributed by atoms with Crippen LogP contribution in [0, 0.1) is 5.82 Å². The van der Waals surface area contributed by atoms with Crippen molar-refractivity contribution in [3.63, 3.8) is 0 Å². The van der Waals surface area contributed by atoms with Crippen molar-refractivity contribution in [2.24, 2.45) is 0 Å². The van der Waals surface area contributed by atoms with Crippen molar-refractivity contribution in [3.05, 3.63) is 29.6 Å². The molecule has 0 saturated carbocycles. The number of carboxylic acid groups (broad SMARTS) is 1. The zero-order chi connectivity index (χ0) is 12.4. The van der Waals surface area contributed by atoms with Crippen molar-refractivity contribution < 1.29 is 19.1 Å². The Labute approximate surface area is 96.8 Å². The maximum Gasteiger partial charge on any atom is 0.323 e. The summed E-state index contributed by atoms with van der Waals surface area (Å²) in [6.45, 7) is -0.00970. The van der Waals surface area contributed by atoms with Crippen LogP contribution in [0.2, 0.25) is 0 Å². The van der Waals surface area contributed by atoms with E-state index >= 15 is 0 Å². The first-order valence-corrected chi connectivity index (χ1v) is 5.13. The molecule has 0 bridgehead atoms. The van der Waals surface area contributed by atoms with Crippen LogP contribution in [-0.2, 0) is 11.2 Å². The first-order valence-electron chi connectivity index (χ1n) is 5.13. The van der Waals surface area contributed by atoms with E-state index in [2.05, 4.69) is 5.32 Å². The maximum absolute atomic E-state index is 13.1. The normalized spacial score (nSPS) is 13.4. The molecule has 0 atom stereocenters. The highest BCUT2D eigenvalue weighted by Crippen LogP contribution is 2.28. The first-order chi connectivity index (χ1) is 8.08. The average Bonchev–Trinajstić information content (AvgIpc) is 2.68. The molecule has 90 valence electrons. The Bertz CT molecular complexity index is 476. The summed E-state index contributed by atoms with van der Waals surface area (Å²) in [5.74, 6) is -1.53. The number of carboxylic acids is 1. The molecule has 17 heavy (non-hydrogen) atoms. The molecule has 0 spiro atoms. The van der Waals surface area contributed by atoms with Gasteiger partial charge in [0.05, 0.1) is 5.69 Å². The minimum atomic E-state index is -1.11. The SMILES string of the molecule is O=C(O)CNC(=O)N1CCc2ccc(F)cc21. The average molecular weight is 238 g/mol. The van der Waals surface area contributed by atoms with E-state index in [9.17, 15) is 14.0 Å². The number of aliphatic carboxylic acids is 1. The monoisotopic (exact) mass is 238 g/mol. The fourth-order valence-corrected chi connectivity index (χ4v) is 1.81. The minimum absolute atomic E-state index is 0.415. The zero-order valence-corrected chi connectivity index (χ0v) is 8.94. The molecule has 0 unspecified atom stereocenters. The Morgan fingerprint density at radius 1 is 1.47 bits per heavy atom. The Morgan fingerprint density at radius 2 is 2.24 bits per heavy atom. The number of amides is 2. The lowest BCUT2D eigenvalue weighted by atomic mass is 10.2. The summed E-state index contributed by atoms with van der Waals surface area (Å²) in [6.07, 6.45) is 0.649. The van der Waals surface area contributed by atoms with Crippen LogP contribution in [0.15, 0.2) is 18.2 Å². The number of fused-ring (bicyclic) bond motifs is 1. The van der Waals surface area contributed by atoms with Crippen LogP contribution in [0.3, 0.4) is 0 Å². The van der Waals surface area contributed by atoms with Crippen molar-refractivity contribution >= 4 is 17.7 Å². The third kappa shape index (κ3) is 2.35. The predicted octanol–water partition coefficient (Wildman–Crippen LogP) is 0.982. The number of halogens is 1. The molecule has 0 saturated heterocycles. The Morgan fingerprint density at radius 3 is 2.94 bits per heavy atom. The van der Waals surface area contributed by atoms with Crippen LogP contribution < -0.4 is 10.2 Å². The van der Waals surface area contributed by atoms with Crippen molar-refractivity contribution in [1.29, 1.82) is 0 Å². The van der Waals surface area contributed by atoms with Gasteiger partial charge in [0.2, 0.25) is 0 Å². The van der Waals surface area contributed by atoms with Crippen LogP contribution in [0.1, 0.15) is 5.56 Å². The van der Waals surface area contributed by atoms with Gasteiger partial charge in [-0.3, -0.25) is 9.69 Å². The van der Waals surface area contributed by atoms with Gasteiger partial charge in [-0.2, -0.15) is 0 Å². The molecule has 2 rings (SSSR count). The predicted molar refractivity (Wildman–Crippen MR) is 58.5 cm³/mol. The van der Waals surface area contributed by atoms with Gasteiger partial charge in [0.15, 0.2) is 0 Å². The largest absolute Gasteiger partial charge is 0.480 e. The molecule has 1 heterocycles. The molecule has 2 amide bonds. The molecule has 0 aliphatic carbocycles. The number of anilines is 1. The van der Waals surface area contributed by atoms with E-state index in [4.69, 9.17) is 5.11 Å². The second-order valence-electron chi connectivity index (χ2n) is 3.73. The first kappa shape index (κ1) is 11.4. The molecular formula is C11H11FN2O3. The number of benzene rings is 1. The smallest absolute Gasteiger partial charge is 0.323 e. The van der Waals surface area contributed by atoms with Gasteiger partial charge < -0.3 is 10.4 Å². The number of hydrogen-bond donors (Lipinski definition) is 2. The lowest BCUT2D eigenvalue weighted by molar-refractivity contribution is -0.135. The van der Waals surface area contributed by atoms with E-state index in [-0.39, 0.29) is 0 Å². The second kappa shape index (κ2) is 4.40. The van der Waals surface area contributed by atoms with Crippen molar-refractivity contribution in [1.82, 2.24) is 5.32 Å². The minimum Gasteiger partial charge on any atom is -0.480 e. The topological polar surface area (TPSA) is 69.6 Å². The van der Waals surface area contributed by atoms with Crippen LogP contribution in [-0.4, -0.2) is 30.2 Å². The summed E-state index contributed by atoms with van der Waals surface area (Å²) in [5, 5.41) is 10.7. The lowest BCUT2D eigenvalue weighted by Gasteiger charge is -2.17. The molecule has 1 aliphatic rings. The number of carbonyl (C=O) groups excluding carboxylic acids is 1. The van der Waals surface area contributed by atoms with Crippen molar-refractivity contribution in [3.8, 4) is 0 Å². The van der Waals surface area contributed by atoms with E-state index < -0.39 is 24.4 Å². The van der Waals surface area contributed by atoms with Gasteiger partial charge in [0.1, 0.15) is 12.4 Å². The van der Waals surface area contributed by atoms with E-state index in [1.165, 1.54) is 17.0 Å². The van der Waals surface area contributed by atoms with Gasteiger partial charge in [0, 0.05) is 6.54 Å². The number of hydrogen-bond acceptors (Lipinski definition) is 2. The molecule has 0 radical (unpaired) electrons. The maximum atomic E-state index is 13.1. The molecule has 1 aromatic carbocycles. The molecule has 6 heteroatoms. The van der Waals surface area contributed by atoms with E-state index in [1.54, 1.807) is 6.07 Å². The summed E-state index contributed by atoms with van der Waals surface area (Å²) < 4.78 is 13.1. The van der Waals surface area contributed by atoms with Crippen molar-refractivity contribution in [2.45, 2.75) is 6.42 Å². The quantitative estimate of drug-likeness (QED) is 0.807. The van der Waals surface area contributed by atoms with Gasteiger partial charge in [-0.25, -0.2) is 9.18 Å². The molecule has 2 N–H and O–H groups in total. The highest BCUT2D eigenvalue weighted by atomic mass is 19.1. The molecule has 0 aromatic heterocycles. The Balaban J connectivity index is 2.13. The summed E-state index contributed by atoms with van der Waals surface area (Å²) in [6, 6.07) is 3.74. The molecule has 5 nitrogen and oxygen atoms in total. The van der Waals surface area contributed by atoms with E-state index in [0.29, 0.717) is 18.7 Å². The fraction of sp³-hybridized carbons (Fsp3) is 0.273. The fourth-order valence-electron chi connectivity index (χ4n) is 1.81. The number of carbonyl (C=O) groups is 2. The number of rotatable bonds is 2. The zero-order valence-electron chi connectivity index (χ0n) is 8.94. The number of nitrogens with one attached hydrogen (secondary N) is 1. The van der Waals surface area contributed by atoms with Gasteiger partial charge >= 0.3 is 12.0 Å². The van der Waals surface area contributed by atoms with Gasteiger partial charge in [0.25, 0.3) is 0 Å². The summed E-state index contributed by atoms with van der Waals surface area (Å²) in [5.41, 5.74) is 1.39. The van der Waals surface area contributed by atoms with Crippen LogP contribution in [0.5, 0.6) is 0 Å².